The van der Waals surface area contributed by atoms with Crippen molar-refractivity contribution in [1.82, 2.24) is 4.90 Å². The Hall–Kier alpha value is -1.10. The standard InChI is InChI=1S/C9H17NO4/c1-6(9(13)14)4-10(8(3)12)5-7(2)11/h6-7,11H,4-5H2,1-3H3,(H,13,14). The van der Waals surface area contributed by atoms with E-state index in [2.05, 4.69) is 0 Å². The number of hydrogen-bond acceptors (Lipinski definition) is 3. The Bertz CT molecular complexity index is 215. The molecule has 82 valence electrons. The number of carboxylic acids is 1. The highest BCUT2D eigenvalue weighted by molar-refractivity contribution is 5.75. The second-order valence-electron chi connectivity index (χ2n) is 3.51. The zero-order valence-electron chi connectivity index (χ0n) is 8.73. The smallest absolute Gasteiger partial charge is 0.308 e. The van der Waals surface area contributed by atoms with Crippen LogP contribution in [0, 0.1) is 5.92 Å². The molecule has 0 aromatic heterocycles. The maximum atomic E-state index is 11.1. The fourth-order valence-corrected chi connectivity index (χ4v) is 1.06. The second-order valence-corrected chi connectivity index (χ2v) is 3.51. The van der Waals surface area contributed by atoms with E-state index in [1.54, 1.807) is 6.92 Å². The van der Waals surface area contributed by atoms with Gasteiger partial charge in [0.15, 0.2) is 0 Å². The van der Waals surface area contributed by atoms with Crippen molar-refractivity contribution in [1.29, 1.82) is 0 Å². The van der Waals surface area contributed by atoms with E-state index < -0.39 is 18.0 Å². The van der Waals surface area contributed by atoms with Crippen molar-refractivity contribution in [2.24, 2.45) is 5.92 Å². The topological polar surface area (TPSA) is 77.8 Å². The van der Waals surface area contributed by atoms with Gasteiger partial charge in [-0.1, -0.05) is 6.92 Å². The summed E-state index contributed by atoms with van der Waals surface area (Å²) in [6.45, 7) is 4.75. The van der Waals surface area contributed by atoms with E-state index in [-0.39, 0.29) is 19.0 Å². The number of aliphatic hydroxyl groups is 1. The number of rotatable bonds is 5. The molecule has 0 aliphatic carbocycles. The quantitative estimate of drug-likeness (QED) is 0.656. The van der Waals surface area contributed by atoms with Crippen molar-refractivity contribution in [2.45, 2.75) is 26.9 Å². The third-order valence-electron chi connectivity index (χ3n) is 1.85. The molecule has 0 heterocycles. The summed E-state index contributed by atoms with van der Waals surface area (Å²) in [5, 5.41) is 17.7. The molecule has 5 heteroatoms. The number of hydrogen-bond donors (Lipinski definition) is 2. The number of carbonyl (C=O) groups is 2. The van der Waals surface area contributed by atoms with Crippen LogP contribution in [0.5, 0.6) is 0 Å². The summed E-state index contributed by atoms with van der Waals surface area (Å²) in [5.41, 5.74) is 0. The van der Waals surface area contributed by atoms with Crippen LogP contribution in [0.2, 0.25) is 0 Å². The Labute approximate surface area is 83.3 Å². The molecule has 0 aromatic rings. The molecule has 14 heavy (non-hydrogen) atoms. The second kappa shape index (κ2) is 5.59. The lowest BCUT2D eigenvalue weighted by molar-refractivity contribution is -0.143. The molecule has 0 fully saturated rings. The molecule has 0 rings (SSSR count). The minimum Gasteiger partial charge on any atom is -0.481 e. The van der Waals surface area contributed by atoms with Crippen molar-refractivity contribution in [3.05, 3.63) is 0 Å². The van der Waals surface area contributed by atoms with E-state index in [4.69, 9.17) is 10.2 Å². The number of carbonyl (C=O) groups excluding carboxylic acids is 1. The summed E-state index contributed by atoms with van der Waals surface area (Å²) in [6.07, 6.45) is -0.639. The Kier molecular flexibility index (Phi) is 5.15. The maximum Gasteiger partial charge on any atom is 0.308 e. The lowest BCUT2D eigenvalue weighted by Gasteiger charge is -2.24. The number of amides is 1. The summed E-state index contributed by atoms with van der Waals surface area (Å²) in [7, 11) is 0. The molecule has 2 unspecified atom stereocenters. The zero-order chi connectivity index (χ0) is 11.3. The highest BCUT2D eigenvalue weighted by atomic mass is 16.4. The highest BCUT2D eigenvalue weighted by Gasteiger charge is 2.18. The van der Waals surface area contributed by atoms with E-state index in [1.165, 1.54) is 18.7 Å². The van der Waals surface area contributed by atoms with Gasteiger partial charge < -0.3 is 15.1 Å². The highest BCUT2D eigenvalue weighted by Crippen LogP contribution is 2.02. The molecular formula is C9H17NO4. The SMILES string of the molecule is CC(=O)N(CC(C)O)CC(C)C(=O)O. The van der Waals surface area contributed by atoms with Crippen molar-refractivity contribution < 1.29 is 19.8 Å². The first-order valence-corrected chi connectivity index (χ1v) is 4.51. The van der Waals surface area contributed by atoms with Crippen LogP contribution in [0.3, 0.4) is 0 Å². The monoisotopic (exact) mass is 203 g/mol. The zero-order valence-corrected chi connectivity index (χ0v) is 8.73. The molecule has 5 nitrogen and oxygen atoms in total. The van der Waals surface area contributed by atoms with Crippen LogP contribution in [0.25, 0.3) is 0 Å². The van der Waals surface area contributed by atoms with Gasteiger partial charge in [-0.15, -0.1) is 0 Å². The molecule has 0 aromatic carbocycles. The largest absolute Gasteiger partial charge is 0.481 e. The van der Waals surface area contributed by atoms with Gasteiger partial charge in [0.1, 0.15) is 0 Å². The minimum absolute atomic E-state index is 0.134. The van der Waals surface area contributed by atoms with Gasteiger partial charge in [0.05, 0.1) is 12.0 Å². The first kappa shape index (κ1) is 12.9. The van der Waals surface area contributed by atoms with Crippen molar-refractivity contribution in [3.63, 3.8) is 0 Å². The third-order valence-corrected chi connectivity index (χ3v) is 1.85. The summed E-state index contributed by atoms with van der Waals surface area (Å²) < 4.78 is 0. The van der Waals surface area contributed by atoms with Gasteiger partial charge in [-0.25, -0.2) is 0 Å². The molecule has 0 bridgehead atoms. The lowest BCUT2D eigenvalue weighted by atomic mass is 10.1. The van der Waals surface area contributed by atoms with E-state index in [0.717, 1.165) is 0 Å². The van der Waals surface area contributed by atoms with Gasteiger partial charge in [0, 0.05) is 20.0 Å². The molecule has 0 aliphatic heterocycles. The Balaban J connectivity index is 4.23. The number of aliphatic hydroxyl groups excluding tert-OH is 1. The summed E-state index contributed by atoms with van der Waals surface area (Å²) in [6, 6.07) is 0. The summed E-state index contributed by atoms with van der Waals surface area (Å²) in [5.74, 6) is -1.78. The van der Waals surface area contributed by atoms with Gasteiger partial charge in [0.2, 0.25) is 5.91 Å². The predicted octanol–water partition coefficient (Wildman–Crippen LogP) is -0.0636. The van der Waals surface area contributed by atoms with Crippen molar-refractivity contribution in [3.8, 4) is 0 Å². The number of carboxylic acid groups (broad SMARTS) is 1. The first-order valence-electron chi connectivity index (χ1n) is 4.51. The van der Waals surface area contributed by atoms with E-state index in [1.807, 2.05) is 0 Å². The fraction of sp³-hybridized carbons (Fsp3) is 0.778. The van der Waals surface area contributed by atoms with Crippen LogP contribution in [0.1, 0.15) is 20.8 Å². The molecule has 0 spiro atoms. The molecule has 2 N–H and O–H groups in total. The molecule has 0 radical (unpaired) electrons. The Morgan fingerprint density at radius 2 is 1.79 bits per heavy atom. The van der Waals surface area contributed by atoms with Gasteiger partial charge in [0.25, 0.3) is 0 Å². The third kappa shape index (κ3) is 4.81. The van der Waals surface area contributed by atoms with Gasteiger partial charge in [-0.3, -0.25) is 9.59 Å². The Morgan fingerprint density at radius 3 is 2.07 bits per heavy atom. The average Bonchev–Trinajstić information content (AvgIpc) is 2.01. The lowest BCUT2D eigenvalue weighted by Crippen LogP contribution is -2.39. The van der Waals surface area contributed by atoms with Crippen LogP contribution in [0.15, 0.2) is 0 Å². The van der Waals surface area contributed by atoms with Gasteiger partial charge in [-0.05, 0) is 6.92 Å². The molecule has 2 atom stereocenters. The van der Waals surface area contributed by atoms with Crippen molar-refractivity contribution in [2.75, 3.05) is 13.1 Å². The minimum atomic E-state index is -0.943. The van der Waals surface area contributed by atoms with E-state index in [9.17, 15) is 9.59 Å². The van der Waals surface area contributed by atoms with Crippen LogP contribution in [0.4, 0.5) is 0 Å². The van der Waals surface area contributed by atoms with E-state index >= 15 is 0 Å². The average molecular weight is 203 g/mol. The summed E-state index contributed by atoms with van der Waals surface area (Å²) in [4.78, 5) is 22.9. The fourth-order valence-electron chi connectivity index (χ4n) is 1.06. The Morgan fingerprint density at radius 1 is 1.29 bits per heavy atom. The molecule has 1 amide bonds. The van der Waals surface area contributed by atoms with Gasteiger partial charge >= 0.3 is 5.97 Å². The predicted molar refractivity (Wildman–Crippen MR) is 50.7 cm³/mol. The first-order chi connectivity index (χ1) is 6.34. The molecule has 0 saturated carbocycles. The normalized spacial score (nSPS) is 14.6. The maximum absolute atomic E-state index is 11.1. The van der Waals surface area contributed by atoms with Crippen LogP contribution in [-0.2, 0) is 9.59 Å². The van der Waals surface area contributed by atoms with E-state index in [0.29, 0.717) is 0 Å². The molecule has 0 saturated heterocycles. The molecule has 0 aliphatic rings. The van der Waals surface area contributed by atoms with Gasteiger partial charge in [-0.2, -0.15) is 0 Å². The van der Waals surface area contributed by atoms with Crippen LogP contribution < -0.4 is 0 Å². The van der Waals surface area contributed by atoms with Crippen LogP contribution in [-0.4, -0.2) is 46.2 Å². The number of aliphatic carboxylic acids is 1. The summed E-state index contributed by atoms with van der Waals surface area (Å²) >= 11 is 0. The van der Waals surface area contributed by atoms with Crippen molar-refractivity contribution >= 4 is 11.9 Å². The number of nitrogens with zero attached hydrogens (tertiary/aromatic N) is 1. The molecular weight excluding hydrogens is 186 g/mol. The van der Waals surface area contributed by atoms with Crippen LogP contribution >= 0.6 is 0 Å².